The van der Waals surface area contributed by atoms with Crippen molar-refractivity contribution in [3.63, 3.8) is 0 Å². The molecule has 0 aliphatic carbocycles. The number of halogens is 3. The zero-order valence-electron chi connectivity index (χ0n) is 13.1. The van der Waals surface area contributed by atoms with Crippen LogP contribution < -0.4 is 16.7 Å². The summed E-state index contributed by atoms with van der Waals surface area (Å²) in [6.07, 6.45) is 0. The van der Waals surface area contributed by atoms with Crippen molar-refractivity contribution < 1.29 is 0 Å². The Morgan fingerprint density at radius 1 is 1.08 bits per heavy atom. The lowest BCUT2D eigenvalue weighted by Crippen LogP contribution is -2.32. The van der Waals surface area contributed by atoms with E-state index in [0.29, 0.717) is 26.5 Å². The van der Waals surface area contributed by atoms with Crippen molar-refractivity contribution in [3.05, 3.63) is 73.4 Å². The van der Waals surface area contributed by atoms with Crippen molar-refractivity contribution in [1.29, 1.82) is 0 Å². The highest BCUT2D eigenvalue weighted by Gasteiger charge is 2.12. The molecule has 0 atom stereocenters. The minimum Gasteiger partial charge on any atom is -0.334 e. The van der Waals surface area contributed by atoms with E-state index in [2.05, 4.69) is 15.5 Å². The predicted octanol–water partition coefficient (Wildman–Crippen LogP) is 4.35. The zero-order chi connectivity index (χ0) is 18.7. The Bertz CT molecular complexity index is 991. The second-order valence-corrected chi connectivity index (χ2v) is 7.39. The number of nitrogens with zero attached hydrogens (tertiary/aromatic N) is 3. The monoisotopic (exact) mass is 427 g/mol. The van der Waals surface area contributed by atoms with E-state index in [4.69, 9.17) is 40.6 Å². The van der Waals surface area contributed by atoms with Crippen molar-refractivity contribution in [2.45, 2.75) is 10.9 Å². The third-order valence-corrected chi connectivity index (χ3v) is 5.10. The number of nitrogens with one attached hydrogen (secondary N) is 1. The minimum atomic E-state index is -0.530. The van der Waals surface area contributed by atoms with Gasteiger partial charge in [0.1, 0.15) is 0 Å². The average molecular weight is 429 g/mol. The third-order valence-electron chi connectivity index (χ3n) is 3.30. The van der Waals surface area contributed by atoms with E-state index in [1.54, 1.807) is 24.3 Å². The van der Waals surface area contributed by atoms with Gasteiger partial charge in [0, 0.05) is 26.5 Å². The molecule has 0 spiro atoms. The van der Waals surface area contributed by atoms with Gasteiger partial charge in [0.25, 0.3) is 0 Å². The standard InChI is InChI=1S/C16H12Cl3N5OS/c17-10-5-11(18)7-12(6-10)21-14-15(25)24(20)16(23-22-14)26-8-9-3-1-2-4-13(9)19/h1-7H,8,20H2,(H,21,22). The lowest BCUT2D eigenvalue weighted by molar-refractivity contribution is 0.705. The van der Waals surface area contributed by atoms with Crippen molar-refractivity contribution in [2.75, 3.05) is 11.2 Å². The summed E-state index contributed by atoms with van der Waals surface area (Å²) in [6.45, 7) is 0. The summed E-state index contributed by atoms with van der Waals surface area (Å²) in [4.78, 5) is 12.4. The first-order valence-electron chi connectivity index (χ1n) is 7.28. The van der Waals surface area contributed by atoms with Crippen LogP contribution in [-0.2, 0) is 5.75 Å². The summed E-state index contributed by atoms with van der Waals surface area (Å²) < 4.78 is 0.934. The van der Waals surface area contributed by atoms with Gasteiger partial charge in [0.2, 0.25) is 11.0 Å². The van der Waals surface area contributed by atoms with Crippen molar-refractivity contribution >= 4 is 58.1 Å². The van der Waals surface area contributed by atoms with Crippen molar-refractivity contribution in [1.82, 2.24) is 14.9 Å². The zero-order valence-corrected chi connectivity index (χ0v) is 16.2. The van der Waals surface area contributed by atoms with Crippen LogP contribution in [0.2, 0.25) is 15.1 Å². The lowest BCUT2D eigenvalue weighted by atomic mass is 10.2. The maximum Gasteiger partial charge on any atom is 0.315 e. The Kier molecular flexibility index (Phi) is 5.93. The number of nitrogen functional groups attached to an aromatic ring is 1. The van der Waals surface area contributed by atoms with Crippen LogP contribution in [0.1, 0.15) is 5.56 Å². The van der Waals surface area contributed by atoms with E-state index in [1.807, 2.05) is 18.2 Å². The Morgan fingerprint density at radius 2 is 1.77 bits per heavy atom. The highest BCUT2D eigenvalue weighted by atomic mass is 35.5. The Hall–Kier alpha value is -1.93. The normalized spacial score (nSPS) is 10.7. The first-order chi connectivity index (χ1) is 12.4. The third kappa shape index (κ3) is 4.42. The molecule has 6 nitrogen and oxygen atoms in total. The molecule has 0 fully saturated rings. The molecule has 0 bridgehead atoms. The molecule has 0 radical (unpaired) electrons. The fraction of sp³-hybridized carbons (Fsp3) is 0.0625. The quantitative estimate of drug-likeness (QED) is 0.464. The maximum atomic E-state index is 12.4. The van der Waals surface area contributed by atoms with Gasteiger partial charge in [0.15, 0.2) is 0 Å². The Morgan fingerprint density at radius 3 is 2.46 bits per heavy atom. The number of aromatic nitrogens is 3. The number of hydrogen-bond donors (Lipinski definition) is 2. The molecule has 3 rings (SSSR count). The second-order valence-electron chi connectivity index (χ2n) is 5.17. The van der Waals surface area contributed by atoms with E-state index in [9.17, 15) is 4.79 Å². The molecule has 3 aromatic rings. The summed E-state index contributed by atoms with van der Waals surface area (Å²) in [5.74, 6) is 6.32. The highest BCUT2D eigenvalue weighted by molar-refractivity contribution is 7.98. The Labute approximate surface area is 168 Å². The number of benzene rings is 2. The molecule has 0 aliphatic rings. The fourth-order valence-corrected chi connectivity index (χ4v) is 3.75. The molecule has 1 heterocycles. The van der Waals surface area contributed by atoms with Crippen LogP contribution in [0.5, 0.6) is 0 Å². The van der Waals surface area contributed by atoms with Gasteiger partial charge in [-0.3, -0.25) is 4.79 Å². The topological polar surface area (TPSA) is 85.8 Å². The highest BCUT2D eigenvalue weighted by Crippen LogP contribution is 2.25. The van der Waals surface area contributed by atoms with E-state index in [-0.39, 0.29) is 11.0 Å². The van der Waals surface area contributed by atoms with Crippen LogP contribution in [0.3, 0.4) is 0 Å². The maximum absolute atomic E-state index is 12.4. The number of thioether (sulfide) groups is 1. The summed E-state index contributed by atoms with van der Waals surface area (Å²) in [5.41, 5.74) is 0.882. The molecule has 0 unspecified atom stereocenters. The Balaban J connectivity index is 1.80. The molecule has 0 saturated carbocycles. The van der Waals surface area contributed by atoms with Gasteiger partial charge in [-0.05, 0) is 29.8 Å². The summed E-state index contributed by atoms with van der Waals surface area (Å²) >= 11 is 19.3. The molecular formula is C16H12Cl3N5OS. The first-order valence-corrected chi connectivity index (χ1v) is 9.40. The van der Waals surface area contributed by atoms with E-state index >= 15 is 0 Å². The largest absolute Gasteiger partial charge is 0.334 e. The van der Waals surface area contributed by atoms with E-state index in [0.717, 1.165) is 10.2 Å². The number of nitrogens with two attached hydrogens (primary N) is 1. The van der Waals surface area contributed by atoms with Gasteiger partial charge in [-0.15, -0.1) is 10.2 Å². The molecule has 10 heteroatoms. The van der Waals surface area contributed by atoms with Crippen LogP contribution in [0, 0.1) is 0 Å². The van der Waals surface area contributed by atoms with E-state index in [1.165, 1.54) is 11.8 Å². The summed E-state index contributed by atoms with van der Waals surface area (Å²) in [5, 5.41) is 12.5. The molecule has 26 heavy (non-hydrogen) atoms. The molecule has 2 aromatic carbocycles. The number of rotatable bonds is 5. The molecule has 0 saturated heterocycles. The van der Waals surface area contributed by atoms with Gasteiger partial charge in [0.05, 0.1) is 0 Å². The molecule has 1 aromatic heterocycles. The van der Waals surface area contributed by atoms with Crippen LogP contribution in [0.15, 0.2) is 52.4 Å². The molecule has 134 valence electrons. The van der Waals surface area contributed by atoms with Gasteiger partial charge >= 0.3 is 5.56 Å². The van der Waals surface area contributed by atoms with Crippen molar-refractivity contribution in [3.8, 4) is 0 Å². The molecular weight excluding hydrogens is 417 g/mol. The van der Waals surface area contributed by atoms with Crippen LogP contribution in [0.25, 0.3) is 0 Å². The van der Waals surface area contributed by atoms with Crippen LogP contribution in [-0.4, -0.2) is 14.9 Å². The SMILES string of the molecule is Nn1c(SCc2ccccc2Cl)nnc(Nc2cc(Cl)cc(Cl)c2)c1=O. The minimum absolute atomic E-state index is 0.0343. The van der Waals surface area contributed by atoms with E-state index < -0.39 is 5.56 Å². The average Bonchev–Trinajstić information content (AvgIpc) is 2.59. The van der Waals surface area contributed by atoms with Gasteiger partial charge in [-0.25, -0.2) is 0 Å². The van der Waals surface area contributed by atoms with Crippen molar-refractivity contribution in [2.24, 2.45) is 0 Å². The lowest BCUT2D eigenvalue weighted by Gasteiger charge is -2.10. The van der Waals surface area contributed by atoms with Crippen LogP contribution in [0.4, 0.5) is 11.5 Å². The molecule has 0 aliphatic heterocycles. The smallest absolute Gasteiger partial charge is 0.315 e. The molecule has 3 N–H and O–H groups in total. The fourth-order valence-electron chi connectivity index (χ4n) is 2.08. The van der Waals surface area contributed by atoms with Gasteiger partial charge in [-0.1, -0.05) is 64.8 Å². The summed E-state index contributed by atoms with van der Waals surface area (Å²) in [7, 11) is 0. The van der Waals surface area contributed by atoms with Gasteiger partial charge in [-0.2, -0.15) is 4.68 Å². The van der Waals surface area contributed by atoms with Gasteiger partial charge < -0.3 is 11.2 Å². The summed E-state index contributed by atoms with van der Waals surface area (Å²) in [6, 6.07) is 12.2. The first kappa shape index (κ1) is 18.8. The number of hydrogen-bond acceptors (Lipinski definition) is 6. The second kappa shape index (κ2) is 8.18. The van der Waals surface area contributed by atoms with Crippen LogP contribution >= 0.6 is 46.6 Å². The molecule has 0 amide bonds. The predicted molar refractivity (Wildman–Crippen MR) is 107 cm³/mol. The number of anilines is 2.